The van der Waals surface area contributed by atoms with Crippen molar-refractivity contribution in [3.05, 3.63) is 96.2 Å². The van der Waals surface area contributed by atoms with Gasteiger partial charge in [-0.15, -0.1) is 11.8 Å². The third kappa shape index (κ3) is 5.21. The van der Waals surface area contributed by atoms with Gasteiger partial charge in [0.05, 0.1) is 27.9 Å². The lowest BCUT2D eigenvalue weighted by molar-refractivity contribution is -0.143. The summed E-state index contributed by atoms with van der Waals surface area (Å²) in [6, 6.07) is 15.6. The van der Waals surface area contributed by atoms with E-state index in [2.05, 4.69) is 31.0 Å². The van der Waals surface area contributed by atoms with Gasteiger partial charge >= 0.3 is 5.97 Å². The zero-order valence-corrected chi connectivity index (χ0v) is 22.5. The Morgan fingerprint density at radius 1 is 1.09 bits per heavy atom. The Labute approximate surface area is 213 Å². The van der Waals surface area contributed by atoms with E-state index in [1.807, 2.05) is 69.5 Å². The molecule has 0 N–H and O–H groups in total. The number of rotatable bonds is 6. The van der Waals surface area contributed by atoms with Gasteiger partial charge in [-0.1, -0.05) is 61.6 Å². The van der Waals surface area contributed by atoms with E-state index in [0.29, 0.717) is 26.5 Å². The Bertz CT molecular complexity index is 1440. The fraction of sp³-hybridized carbons (Fsp3) is 0.321. The Morgan fingerprint density at radius 2 is 1.74 bits per heavy atom. The number of thiazole rings is 1. The van der Waals surface area contributed by atoms with Gasteiger partial charge in [-0.3, -0.25) is 9.36 Å². The summed E-state index contributed by atoms with van der Waals surface area (Å²) in [6.07, 6.45) is 3.63. The summed E-state index contributed by atoms with van der Waals surface area (Å²) in [4.78, 5) is 33.2. The Kier molecular flexibility index (Phi) is 7.47. The molecule has 182 valence electrons. The third-order valence-electron chi connectivity index (χ3n) is 5.92. The summed E-state index contributed by atoms with van der Waals surface area (Å²) in [7, 11) is 0. The van der Waals surface area contributed by atoms with Crippen LogP contribution in [0.15, 0.2) is 74.5 Å². The summed E-state index contributed by atoms with van der Waals surface area (Å²) in [5, 5.41) is 0. The summed E-state index contributed by atoms with van der Waals surface area (Å²) >= 11 is 2.99. The van der Waals surface area contributed by atoms with E-state index in [-0.39, 0.29) is 11.7 Å². The smallest absolute Gasteiger partial charge is 0.338 e. The summed E-state index contributed by atoms with van der Waals surface area (Å²) in [5.41, 5.74) is 3.86. The zero-order chi connectivity index (χ0) is 25.3. The van der Waals surface area contributed by atoms with Crippen LogP contribution < -0.4 is 14.9 Å². The number of allylic oxidation sites excluding steroid dienone is 1. The molecule has 0 saturated heterocycles. The van der Waals surface area contributed by atoms with Crippen molar-refractivity contribution in [1.29, 1.82) is 0 Å². The highest BCUT2D eigenvalue weighted by Gasteiger charge is 2.33. The maximum absolute atomic E-state index is 13.7. The van der Waals surface area contributed by atoms with Crippen molar-refractivity contribution in [2.24, 2.45) is 4.99 Å². The fourth-order valence-corrected chi connectivity index (χ4v) is 5.55. The maximum Gasteiger partial charge on any atom is 0.338 e. The second-order valence-electron chi connectivity index (χ2n) is 9.13. The summed E-state index contributed by atoms with van der Waals surface area (Å²) in [6.45, 7) is 9.75. The molecule has 1 aliphatic rings. The molecule has 2 heterocycles. The summed E-state index contributed by atoms with van der Waals surface area (Å²) < 4.78 is 7.78. The minimum Gasteiger partial charge on any atom is -0.459 e. The van der Waals surface area contributed by atoms with Crippen LogP contribution in [-0.4, -0.2) is 22.9 Å². The molecule has 3 aromatic rings. The minimum absolute atomic E-state index is 0.164. The molecular weight excluding hydrogens is 476 g/mol. The number of thioether (sulfide) groups is 1. The molecule has 0 bridgehead atoms. The van der Waals surface area contributed by atoms with E-state index in [9.17, 15) is 9.59 Å². The van der Waals surface area contributed by atoms with Gasteiger partial charge in [0.1, 0.15) is 0 Å². The standard InChI is InChI=1S/C28H30N2O3S2/c1-16(2)20-9-7-19(8-10-20)15-23-26(31)30-25(21-11-13-22(34-6)14-12-21)24(27(32)33-17(3)4)18(5)29-28(30)35-23/h7-17,25H,1-6H3. The summed E-state index contributed by atoms with van der Waals surface area (Å²) in [5.74, 6) is -0.00223. The first kappa shape index (κ1) is 25.2. The van der Waals surface area contributed by atoms with Crippen LogP contribution in [0.5, 0.6) is 0 Å². The van der Waals surface area contributed by atoms with E-state index >= 15 is 0 Å². The lowest BCUT2D eigenvalue weighted by Gasteiger charge is -2.25. The Hall–Kier alpha value is -2.90. The molecule has 1 unspecified atom stereocenters. The molecule has 2 aromatic carbocycles. The molecule has 0 spiro atoms. The van der Waals surface area contributed by atoms with Crippen molar-refractivity contribution < 1.29 is 9.53 Å². The SMILES string of the molecule is CSc1ccc(C2C(C(=O)OC(C)C)=C(C)N=c3sc(=Cc4ccc(C(C)C)cc4)c(=O)n32)cc1. The predicted molar refractivity (Wildman–Crippen MR) is 144 cm³/mol. The van der Waals surface area contributed by atoms with Gasteiger partial charge in [0.2, 0.25) is 0 Å². The van der Waals surface area contributed by atoms with Crippen molar-refractivity contribution in [3.8, 4) is 0 Å². The number of fused-ring (bicyclic) bond motifs is 1. The molecule has 1 atom stereocenters. The van der Waals surface area contributed by atoms with Crippen LogP contribution in [0.4, 0.5) is 0 Å². The van der Waals surface area contributed by atoms with Crippen molar-refractivity contribution in [2.45, 2.75) is 57.6 Å². The molecule has 0 amide bonds. The van der Waals surface area contributed by atoms with Gasteiger partial charge in [0.25, 0.3) is 5.56 Å². The topological polar surface area (TPSA) is 60.7 Å². The molecule has 35 heavy (non-hydrogen) atoms. The van der Waals surface area contributed by atoms with E-state index in [1.165, 1.54) is 16.9 Å². The molecule has 0 saturated carbocycles. The van der Waals surface area contributed by atoms with Crippen molar-refractivity contribution in [3.63, 3.8) is 0 Å². The van der Waals surface area contributed by atoms with Gasteiger partial charge < -0.3 is 4.74 Å². The number of nitrogens with zero attached hydrogens (tertiary/aromatic N) is 2. The molecule has 0 fully saturated rings. The van der Waals surface area contributed by atoms with E-state index in [1.54, 1.807) is 16.3 Å². The van der Waals surface area contributed by atoms with Gasteiger partial charge in [-0.25, -0.2) is 9.79 Å². The monoisotopic (exact) mass is 506 g/mol. The average Bonchev–Trinajstić information content (AvgIpc) is 3.12. The van der Waals surface area contributed by atoms with E-state index < -0.39 is 12.0 Å². The number of aromatic nitrogens is 1. The van der Waals surface area contributed by atoms with Crippen LogP contribution in [-0.2, 0) is 9.53 Å². The van der Waals surface area contributed by atoms with Crippen molar-refractivity contribution in [1.82, 2.24) is 4.57 Å². The van der Waals surface area contributed by atoms with Crippen molar-refractivity contribution >= 4 is 35.1 Å². The van der Waals surface area contributed by atoms with Gasteiger partial charge in [-0.2, -0.15) is 0 Å². The molecule has 0 aliphatic carbocycles. The van der Waals surface area contributed by atoms with E-state index in [0.717, 1.165) is 16.0 Å². The number of hydrogen-bond donors (Lipinski definition) is 0. The van der Waals surface area contributed by atoms with Gasteiger partial charge in [-0.05, 0) is 67.8 Å². The lowest BCUT2D eigenvalue weighted by Crippen LogP contribution is -2.40. The molecular formula is C28H30N2O3S2. The molecule has 0 radical (unpaired) electrons. The zero-order valence-electron chi connectivity index (χ0n) is 20.9. The van der Waals surface area contributed by atoms with Crippen LogP contribution in [0, 0.1) is 0 Å². The highest BCUT2D eigenvalue weighted by molar-refractivity contribution is 7.98. The highest BCUT2D eigenvalue weighted by atomic mass is 32.2. The normalized spacial score (nSPS) is 16.0. The predicted octanol–water partition coefficient (Wildman–Crippen LogP) is 5.03. The van der Waals surface area contributed by atoms with Crippen LogP contribution in [0.3, 0.4) is 0 Å². The molecule has 1 aromatic heterocycles. The first-order valence-corrected chi connectivity index (χ1v) is 13.7. The minimum atomic E-state index is -0.598. The first-order chi connectivity index (χ1) is 16.7. The molecule has 5 nitrogen and oxygen atoms in total. The number of carbonyl (C=O) groups is 1. The fourth-order valence-electron chi connectivity index (χ4n) is 4.09. The van der Waals surface area contributed by atoms with Gasteiger partial charge in [0, 0.05) is 4.90 Å². The number of hydrogen-bond acceptors (Lipinski definition) is 6. The van der Waals surface area contributed by atoms with Crippen molar-refractivity contribution in [2.75, 3.05) is 6.26 Å². The molecule has 1 aliphatic heterocycles. The number of carbonyl (C=O) groups excluding carboxylic acids is 1. The molecule has 7 heteroatoms. The number of esters is 1. The van der Waals surface area contributed by atoms with Crippen LogP contribution >= 0.6 is 23.1 Å². The third-order valence-corrected chi connectivity index (χ3v) is 7.64. The second kappa shape index (κ2) is 10.4. The lowest BCUT2D eigenvalue weighted by atomic mass is 9.96. The van der Waals surface area contributed by atoms with Crippen LogP contribution in [0.2, 0.25) is 0 Å². The van der Waals surface area contributed by atoms with E-state index in [4.69, 9.17) is 4.74 Å². The Balaban J connectivity index is 1.88. The van der Waals surface area contributed by atoms with Crippen LogP contribution in [0.1, 0.15) is 63.3 Å². The highest BCUT2D eigenvalue weighted by Crippen LogP contribution is 2.32. The first-order valence-electron chi connectivity index (χ1n) is 11.7. The average molecular weight is 507 g/mol. The Morgan fingerprint density at radius 3 is 2.31 bits per heavy atom. The van der Waals surface area contributed by atoms with Gasteiger partial charge in [0.15, 0.2) is 4.80 Å². The quantitative estimate of drug-likeness (QED) is 0.347. The molecule has 4 rings (SSSR count). The van der Waals surface area contributed by atoms with Crippen LogP contribution in [0.25, 0.3) is 6.08 Å². The number of ether oxygens (including phenoxy) is 1. The largest absolute Gasteiger partial charge is 0.459 e. The second-order valence-corrected chi connectivity index (χ2v) is 11.0. The number of benzene rings is 2. The maximum atomic E-state index is 13.7.